The summed E-state index contributed by atoms with van der Waals surface area (Å²) < 4.78 is 4.54. The average molecular weight is 154 g/mol. The molecule has 0 radical (unpaired) electrons. The number of aromatic nitrogens is 2. The molecule has 0 saturated carbocycles. The average Bonchev–Trinajstić information content (AvgIpc) is 1.85. The second-order valence-electron chi connectivity index (χ2n) is 1.81. The van der Waals surface area contributed by atoms with Gasteiger partial charge in [-0.25, -0.2) is 9.97 Å². The summed E-state index contributed by atoms with van der Waals surface area (Å²) in [5.74, 6) is -0.663. The van der Waals surface area contributed by atoms with Crippen LogP contribution in [0.5, 0.6) is 11.8 Å². The summed E-state index contributed by atoms with van der Waals surface area (Å²) in [6, 6.07) is 1.15. The lowest BCUT2D eigenvalue weighted by atomic mass is 10.6. The Morgan fingerprint density at radius 1 is 1.64 bits per heavy atom. The molecule has 1 aromatic heterocycles. The van der Waals surface area contributed by atoms with E-state index in [2.05, 4.69) is 14.7 Å². The summed E-state index contributed by atoms with van der Waals surface area (Å²) in [7, 11) is 0. The van der Waals surface area contributed by atoms with Crippen LogP contribution in [-0.4, -0.2) is 21.0 Å². The normalized spacial score (nSPS) is 9.18. The lowest BCUT2D eigenvalue weighted by Gasteiger charge is -1.97. The van der Waals surface area contributed by atoms with Gasteiger partial charge < -0.3 is 9.84 Å². The second kappa shape index (κ2) is 2.96. The predicted molar refractivity (Wildman–Crippen MR) is 35.0 cm³/mol. The van der Waals surface area contributed by atoms with Gasteiger partial charge in [0.15, 0.2) is 0 Å². The molecule has 58 valence electrons. The first kappa shape index (κ1) is 7.46. The van der Waals surface area contributed by atoms with Crippen molar-refractivity contribution in [3.05, 3.63) is 12.4 Å². The minimum atomic E-state index is -0.483. The maximum absolute atomic E-state index is 10.4. The highest BCUT2D eigenvalue weighted by Crippen LogP contribution is 2.10. The van der Waals surface area contributed by atoms with Gasteiger partial charge in [0, 0.05) is 6.92 Å². The van der Waals surface area contributed by atoms with Crippen molar-refractivity contribution in [2.75, 3.05) is 0 Å². The van der Waals surface area contributed by atoms with Crippen LogP contribution in [0.4, 0.5) is 0 Å². The summed E-state index contributed by atoms with van der Waals surface area (Å²) in [5.41, 5.74) is 0. The molecular weight excluding hydrogens is 148 g/mol. The van der Waals surface area contributed by atoms with E-state index in [0.29, 0.717) is 0 Å². The highest BCUT2D eigenvalue weighted by molar-refractivity contribution is 5.68. The summed E-state index contributed by atoms with van der Waals surface area (Å²) in [5, 5.41) is 8.78. The molecule has 5 nitrogen and oxygen atoms in total. The SMILES string of the molecule is CC(=O)Oc1cc(O)ncn1. The van der Waals surface area contributed by atoms with E-state index in [0.717, 1.165) is 12.4 Å². The number of hydrogen-bond acceptors (Lipinski definition) is 5. The van der Waals surface area contributed by atoms with Crippen LogP contribution in [0, 0.1) is 0 Å². The van der Waals surface area contributed by atoms with E-state index in [9.17, 15) is 4.79 Å². The van der Waals surface area contributed by atoms with Gasteiger partial charge in [0.1, 0.15) is 6.33 Å². The topological polar surface area (TPSA) is 72.3 Å². The van der Waals surface area contributed by atoms with Crippen molar-refractivity contribution in [2.45, 2.75) is 6.92 Å². The number of carbonyl (C=O) groups excluding carboxylic acids is 1. The molecule has 0 amide bonds. The van der Waals surface area contributed by atoms with Crippen molar-refractivity contribution < 1.29 is 14.6 Å². The number of nitrogens with zero attached hydrogens (tertiary/aromatic N) is 2. The molecule has 0 aliphatic rings. The predicted octanol–water partition coefficient (Wildman–Crippen LogP) is 0.107. The number of rotatable bonds is 1. The van der Waals surface area contributed by atoms with Crippen LogP contribution in [0.3, 0.4) is 0 Å². The molecule has 0 unspecified atom stereocenters. The Kier molecular flexibility index (Phi) is 2.00. The number of ether oxygens (including phenoxy) is 1. The highest BCUT2D eigenvalue weighted by Gasteiger charge is 1.99. The third-order valence-corrected chi connectivity index (χ3v) is 0.876. The first-order valence-electron chi connectivity index (χ1n) is 2.88. The Bertz CT molecular complexity index is 274. The van der Waals surface area contributed by atoms with Crippen molar-refractivity contribution in [3.63, 3.8) is 0 Å². The summed E-state index contributed by atoms with van der Waals surface area (Å²) in [4.78, 5) is 17.3. The molecule has 0 aromatic carbocycles. The van der Waals surface area contributed by atoms with Gasteiger partial charge in [0.05, 0.1) is 6.07 Å². The van der Waals surface area contributed by atoms with E-state index >= 15 is 0 Å². The molecule has 0 atom stereocenters. The fourth-order valence-corrected chi connectivity index (χ4v) is 0.533. The molecule has 1 rings (SSSR count). The summed E-state index contributed by atoms with van der Waals surface area (Å²) >= 11 is 0. The van der Waals surface area contributed by atoms with E-state index in [1.807, 2.05) is 0 Å². The highest BCUT2D eigenvalue weighted by atomic mass is 16.5. The third-order valence-electron chi connectivity index (χ3n) is 0.876. The molecule has 0 fully saturated rings. The standard InChI is InChI=1S/C6H6N2O3/c1-4(9)11-6-2-5(10)7-3-8-6/h2-3H,1H3,(H,7,8,10). The fourth-order valence-electron chi connectivity index (χ4n) is 0.533. The zero-order chi connectivity index (χ0) is 8.27. The van der Waals surface area contributed by atoms with Crippen molar-refractivity contribution in [1.82, 2.24) is 9.97 Å². The van der Waals surface area contributed by atoms with E-state index < -0.39 is 5.97 Å². The van der Waals surface area contributed by atoms with Crippen LogP contribution in [0.2, 0.25) is 0 Å². The zero-order valence-corrected chi connectivity index (χ0v) is 5.81. The van der Waals surface area contributed by atoms with Crippen molar-refractivity contribution in [2.24, 2.45) is 0 Å². The van der Waals surface area contributed by atoms with E-state index in [1.165, 1.54) is 6.92 Å². The third kappa shape index (κ3) is 2.21. The summed E-state index contributed by atoms with van der Waals surface area (Å²) in [6.45, 7) is 1.25. The molecule has 0 bridgehead atoms. The Morgan fingerprint density at radius 3 is 2.91 bits per heavy atom. The van der Waals surface area contributed by atoms with Gasteiger partial charge in [-0.1, -0.05) is 0 Å². The lowest BCUT2D eigenvalue weighted by molar-refractivity contribution is -0.132. The van der Waals surface area contributed by atoms with Crippen molar-refractivity contribution in [3.8, 4) is 11.8 Å². The second-order valence-corrected chi connectivity index (χ2v) is 1.81. The van der Waals surface area contributed by atoms with Gasteiger partial charge in [0.2, 0.25) is 11.8 Å². The maximum Gasteiger partial charge on any atom is 0.309 e. The minimum Gasteiger partial charge on any atom is -0.493 e. The molecular formula is C6H6N2O3. The van der Waals surface area contributed by atoms with Gasteiger partial charge >= 0.3 is 5.97 Å². The van der Waals surface area contributed by atoms with E-state index in [1.54, 1.807) is 0 Å². The van der Waals surface area contributed by atoms with Crippen molar-refractivity contribution in [1.29, 1.82) is 0 Å². The number of hydrogen-bond donors (Lipinski definition) is 1. The number of aromatic hydroxyl groups is 1. The number of carbonyl (C=O) groups is 1. The van der Waals surface area contributed by atoms with Crippen molar-refractivity contribution >= 4 is 5.97 Å². The van der Waals surface area contributed by atoms with Gasteiger partial charge in [-0.05, 0) is 0 Å². The van der Waals surface area contributed by atoms with Gasteiger partial charge in [-0.15, -0.1) is 0 Å². The Labute approximate surface area is 62.7 Å². The van der Waals surface area contributed by atoms with E-state index in [-0.39, 0.29) is 11.8 Å². The van der Waals surface area contributed by atoms with Crippen LogP contribution in [0.25, 0.3) is 0 Å². The van der Waals surface area contributed by atoms with Gasteiger partial charge in [-0.2, -0.15) is 0 Å². The quantitative estimate of drug-likeness (QED) is 0.581. The Morgan fingerprint density at radius 2 is 2.36 bits per heavy atom. The van der Waals surface area contributed by atoms with Crippen LogP contribution in [-0.2, 0) is 4.79 Å². The fraction of sp³-hybridized carbons (Fsp3) is 0.167. The van der Waals surface area contributed by atoms with Gasteiger partial charge in [0.25, 0.3) is 0 Å². The lowest BCUT2D eigenvalue weighted by Crippen LogP contribution is -2.02. The summed E-state index contributed by atoms with van der Waals surface area (Å²) in [6.07, 6.45) is 1.10. The molecule has 0 spiro atoms. The zero-order valence-electron chi connectivity index (χ0n) is 5.81. The van der Waals surface area contributed by atoms with Crippen LogP contribution in [0.15, 0.2) is 12.4 Å². The molecule has 5 heteroatoms. The van der Waals surface area contributed by atoms with E-state index in [4.69, 9.17) is 5.11 Å². The van der Waals surface area contributed by atoms with Crippen LogP contribution in [0.1, 0.15) is 6.92 Å². The molecule has 0 aliphatic heterocycles. The van der Waals surface area contributed by atoms with Gasteiger partial charge in [-0.3, -0.25) is 4.79 Å². The molecule has 0 saturated heterocycles. The Balaban J connectivity index is 2.79. The molecule has 1 aromatic rings. The van der Waals surface area contributed by atoms with Crippen LogP contribution >= 0.6 is 0 Å². The first-order chi connectivity index (χ1) is 5.18. The minimum absolute atomic E-state index is 0.0463. The molecule has 11 heavy (non-hydrogen) atoms. The smallest absolute Gasteiger partial charge is 0.309 e. The van der Waals surface area contributed by atoms with Crippen LogP contribution < -0.4 is 4.74 Å². The largest absolute Gasteiger partial charge is 0.493 e. The first-order valence-corrected chi connectivity index (χ1v) is 2.88. The molecule has 1 heterocycles. The number of esters is 1. The molecule has 1 N–H and O–H groups in total. The monoisotopic (exact) mass is 154 g/mol. The molecule has 0 aliphatic carbocycles. The maximum atomic E-state index is 10.4. The Hall–Kier alpha value is -1.65.